The van der Waals surface area contributed by atoms with Crippen LogP contribution in [0.2, 0.25) is 0 Å². The third kappa shape index (κ3) is 3.54. The van der Waals surface area contributed by atoms with E-state index in [1.165, 1.54) is 4.88 Å². The van der Waals surface area contributed by atoms with Crippen molar-refractivity contribution < 1.29 is 13.5 Å². The van der Waals surface area contributed by atoms with Crippen LogP contribution in [0.1, 0.15) is 42.2 Å². The van der Waals surface area contributed by atoms with Crippen LogP contribution in [0.4, 0.5) is 0 Å². The van der Waals surface area contributed by atoms with Gasteiger partial charge in [-0.2, -0.15) is 0 Å². The van der Waals surface area contributed by atoms with Gasteiger partial charge < -0.3 is 5.11 Å². The molecule has 0 saturated heterocycles. The Balaban J connectivity index is 1.98. The fraction of sp³-hybridized carbons (Fsp3) is 0.667. The third-order valence-corrected chi connectivity index (χ3v) is 5.66. The fourth-order valence-corrected chi connectivity index (χ4v) is 4.66. The summed E-state index contributed by atoms with van der Waals surface area (Å²) >= 11 is 1.71. The van der Waals surface area contributed by atoms with E-state index in [0.29, 0.717) is 12.8 Å². The van der Waals surface area contributed by atoms with Crippen molar-refractivity contribution in [3.63, 3.8) is 0 Å². The summed E-state index contributed by atoms with van der Waals surface area (Å²) < 4.78 is 26.6. The molecule has 0 spiro atoms. The second-order valence-electron chi connectivity index (χ2n) is 4.61. The number of sulfonamides is 1. The molecule has 0 aliphatic heterocycles. The van der Waals surface area contributed by atoms with Crippen molar-refractivity contribution in [3.05, 3.63) is 21.9 Å². The lowest BCUT2D eigenvalue weighted by Crippen LogP contribution is -2.32. The highest BCUT2D eigenvalue weighted by atomic mass is 32.2. The maximum Gasteiger partial charge on any atom is 0.212 e. The van der Waals surface area contributed by atoms with Crippen molar-refractivity contribution in [2.45, 2.75) is 38.1 Å². The lowest BCUT2D eigenvalue weighted by molar-refractivity contribution is 0.287. The third-order valence-electron chi connectivity index (χ3n) is 3.19. The highest BCUT2D eigenvalue weighted by Crippen LogP contribution is 2.33. The largest absolute Gasteiger partial charge is 0.396 e. The number of hydrogen-bond acceptors (Lipinski definition) is 4. The molecule has 1 aromatic rings. The molecule has 2 rings (SSSR count). The zero-order valence-electron chi connectivity index (χ0n) is 10.3. The van der Waals surface area contributed by atoms with Crippen LogP contribution >= 0.6 is 11.3 Å². The average Bonchev–Trinajstić information content (AvgIpc) is 2.78. The van der Waals surface area contributed by atoms with Crippen LogP contribution < -0.4 is 4.72 Å². The standard InChI is InChI=1S/C12H19NO3S2/c14-7-1-2-9-18(15,16)13-11-4-3-5-12-10(11)6-8-17-12/h6,8,11,13-14H,1-5,7,9H2. The highest BCUT2D eigenvalue weighted by molar-refractivity contribution is 7.89. The van der Waals surface area contributed by atoms with E-state index in [1.54, 1.807) is 11.3 Å². The van der Waals surface area contributed by atoms with E-state index in [0.717, 1.165) is 24.8 Å². The van der Waals surface area contributed by atoms with Crippen LogP contribution in [0.3, 0.4) is 0 Å². The van der Waals surface area contributed by atoms with E-state index < -0.39 is 10.0 Å². The fourth-order valence-electron chi connectivity index (χ4n) is 2.29. The minimum absolute atomic E-state index is 0.0492. The van der Waals surface area contributed by atoms with Gasteiger partial charge in [0.25, 0.3) is 0 Å². The first-order valence-electron chi connectivity index (χ1n) is 6.29. The molecule has 0 radical (unpaired) electrons. The van der Waals surface area contributed by atoms with Crippen molar-refractivity contribution in [2.24, 2.45) is 0 Å². The van der Waals surface area contributed by atoms with E-state index in [2.05, 4.69) is 4.72 Å². The van der Waals surface area contributed by atoms with Gasteiger partial charge in [-0.15, -0.1) is 11.3 Å². The Morgan fingerprint density at radius 2 is 2.28 bits per heavy atom. The molecule has 0 aromatic carbocycles. The number of fused-ring (bicyclic) bond motifs is 1. The first kappa shape index (κ1) is 14.0. The Kier molecular flexibility index (Phi) is 4.77. The van der Waals surface area contributed by atoms with E-state index >= 15 is 0 Å². The smallest absolute Gasteiger partial charge is 0.212 e. The molecule has 1 atom stereocenters. The van der Waals surface area contributed by atoms with Crippen molar-refractivity contribution in [1.82, 2.24) is 4.72 Å². The van der Waals surface area contributed by atoms with Gasteiger partial charge in [-0.25, -0.2) is 13.1 Å². The van der Waals surface area contributed by atoms with Gasteiger partial charge in [-0.05, 0) is 49.1 Å². The predicted molar refractivity (Wildman–Crippen MR) is 73.2 cm³/mol. The average molecular weight is 289 g/mol. The highest BCUT2D eigenvalue weighted by Gasteiger charge is 2.25. The second kappa shape index (κ2) is 6.14. The monoisotopic (exact) mass is 289 g/mol. The van der Waals surface area contributed by atoms with Gasteiger partial charge in [0.2, 0.25) is 10.0 Å². The van der Waals surface area contributed by atoms with Crippen LogP contribution in [0.5, 0.6) is 0 Å². The summed E-state index contributed by atoms with van der Waals surface area (Å²) in [6.07, 6.45) is 4.03. The molecule has 4 nitrogen and oxygen atoms in total. The summed E-state index contributed by atoms with van der Waals surface area (Å²) in [5.41, 5.74) is 1.15. The second-order valence-corrected chi connectivity index (χ2v) is 7.49. The molecule has 2 N–H and O–H groups in total. The first-order chi connectivity index (χ1) is 8.62. The number of unbranched alkanes of at least 4 members (excludes halogenated alkanes) is 1. The van der Waals surface area contributed by atoms with Gasteiger partial charge in [-0.1, -0.05) is 0 Å². The molecule has 18 heavy (non-hydrogen) atoms. The van der Waals surface area contributed by atoms with E-state index in [-0.39, 0.29) is 18.4 Å². The molecule has 0 saturated carbocycles. The number of aliphatic hydroxyl groups is 1. The summed E-state index contributed by atoms with van der Waals surface area (Å²) in [7, 11) is -3.23. The van der Waals surface area contributed by atoms with Crippen molar-refractivity contribution in [1.29, 1.82) is 0 Å². The number of hydrogen-bond donors (Lipinski definition) is 2. The van der Waals surface area contributed by atoms with Crippen molar-refractivity contribution in [2.75, 3.05) is 12.4 Å². The lowest BCUT2D eigenvalue weighted by Gasteiger charge is -2.23. The molecule has 0 fully saturated rings. The quantitative estimate of drug-likeness (QED) is 0.785. The number of rotatable bonds is 6. The van der Waals surface area contributed by atoms with E-state index in [9.17, 15) is 8.42 Å². The van der Waals surface area contributed by atoms with Crippen LogP contribution in [-0.4, -0.2) is 25.9 Å². The number of aliphatic hydroxyl groups excluding tert-OH is 1. The van der Waals surface area contributed by atoms with Crippen LogP contribution in [0.25, 0.3) is 0 Å². The van der Waals surface area contributed by atoms with Crippen LogP contribution in [-0.2, 0) is 16.4 Å². The molecule has 1 aromatic heterocycles. The molecule has 1 heterocycles. The van der Waals surface area contributed by atoms with Crippen molar-refractivity contribution >= 4 is 21.4 Å². The van der Waals surface area contributed by atoms with Crippen LogP contribution in [0.15, 0.2) is 11.4 Å². The van der Waals surface area contributed by atoms with Gasteiger partial charge in [0.15, 0.2) is 0 Å². The first-order valence-corrected chi connectivity index (χ1v) is 8.83. The maximum absolute atomic E-state index is 11.9. The van der Waals surface area contributed by atoms with E-state index in [4.69, 9.17) is 5.11 Å². The zero-order chi connectivity index (χ0) is 13.0. The zero-order valence-corrected chi connectivity index (χ0v) is 11.9. The number of thiophene rings is 1. The topological polar surface area (TPSA) is 66.4 Å². The molecule has 0 bridgehead atoms. The Bertz CT molecular complexity index is 481. The lowest BCUT2D eigenvalue weighted by atomic mass is 9.95. The van der Waals surface area contributed by atoms with Crippen molar-refractivity contribution in [3.8, 4) is 0 Å². The Morgan fingerprint density at radius 3 is 3.06 bits per heavy atom. The Labute approximate surface area is 112 Å². The summed E-state index contributed by atoms with van der Waals surface area (Å²) in [5, 5.41) is 10.7. The van der Waals surface area contributed by atoms with Gasteiger partial charge in [0.1, 0.15) is 0 Å². The molecule has 102 valence electrons. The Morgan fingerprint density at radius 1 is 1.44 bits per heavy atom. The minimum atomic E-state index is -3.23. The summed E-state index contributed by atoms with van der Waals surface area (Å²) in [5.74, 6) is 0.101. The molecule has 1 unspecified atom stereocenters. The van der Waals surface area contributed by atoms with Gasteiger partial charge in [0.05, 0.1) is 5.75 Å². The molecule has 1 aliphatic carbocycles. The molecule has 1 aliphatic rings. The Hall–Kier alpha value is -0.430. The number of aryl methyl sites for hydroxylation is 1. The predicted octanol–water partition coefficient (Wildman–Crippen LogP) is 1.82. The minimum Gasteiger partial charge on any atom is -0.396 e. The molecule has 0 amide bonds. The summed E-state index contributed by atoms with van der Waals surface area (Å²) in [6, 6.07) is 1.97. The van der Waals surface area contributed by atoms with E-state index in [1.807, 2.05) is 11.4 Å². The van der Waals surface area contributed by atoms with Gasteiger partial charge in [-0.3, -0.25) is 0 Å². The van der Waals surface area contributed by atoms with Crippen LogP contribution in [0, 0.1) is 0 Å². The molecular formula is C12H19NO3S2. The summed E-state index contributed by atoms with van der Waals surface area (Å²) in [4.78, 5) is 1.31. The molecule has 6 heteroatoms. The number of nitrogens with one attached hydrogen (secondary N) is 1. The summed E-state index contributed by atoms with van der Waals surface area (Å²) in [6.45, 7) is 0.0492. The molecular weight excluding hydrogens is 270 g/mol. The van der Waals surface area contributed by atoms with Gasteiger partial charge in [0, 0.05) is 17.5 Å². The maximum atomic E-state index is 11.9. The van der Waals surface area contributed by atoms with Gasteiger partial charge >= 0.3 is 0 Å². The SMILES string of the molecule is O=S(=O)(CCCCO)NC1CCCc2sccc21. The normalized spacial score (nSPS) is 19.7.